The quantitative estimate of drug-likeness (QED) is 0.433. The van der Waals surface area contributed by atoms with Gasteiger partial charge in [-0.05, 0) is 60.4 Å². The second-order valence-electron chi connectivity index (χ2n) is 10.8. The van der Waals surface area contributed by atoms with Crippen LogP contribution in [0.3, 0.4) is 0 Å². The summed E-state index contributed by atoms with van der Waals surface area (Å²) >= 11 is 0. The lowest BCUT2D eigenvalue weighted by Crippen LogP contribution is -2.40. The van der Waals surface area contributed by atoms with Gasteiger partial charge in [0.25, 0.3) is 5.56 Å². The average Bonchev–Trinajstić information content (AvgIpc) is 3.67. The number of carbonyl (C=O) groups excluding carboxylic acids is 1. The van der Waals surface area contributed by atoms with Crippen molar-refractivity contribution in [3.05, 3.63) is 69.8 Å². The van der Waals surface area contributed by atoms with E-state index in [-0.39, 0.29) is 18.0 Å². The summed E-state index contributed by atoms with van der Waals surface area (Å²) in [5.74, 6) is 1.45. The fraction of sp³-hybridized carbons (Fsp3) is 0.379. The molecule has 2 aromatic heterocycles. The van der Waals surface area contributed by atoms with Gasteiger partial charge in [-0.15, -0.1) is 0 Å². The highest BCUT2D eigenvalue weighted by atomic mass is 16.2. The van der Waals surface area contributed by atoms with Gasteiger partial charge in [0.15, 0.2) is 0 Å². The number of hydrogen-bond donors (Lipinski definition) is 2. The third kappa shape index (κ3) is 3.18. The first-order valence-electron chi connectivity index (χ1n) is 13.3. The summed E-state index contributed by atoms with van der Waals surface area (Å²) < 4.78 is 1.81. The molecule has 1 spiro atoms. The van der Waals surface area contributed by atoms with Crippen LogP contribution in [0.1, 0.15) is 67.7 Å². The molecule has 2 aromatic carbocycles. The van der Waals surface area contributed by atoms with E-state index >= 15 is 0 Å². The number of aryl methyl sites for hydroxylation is 1. The maximum absolute atomic E-state index is 14.5. The van der Waals surface area contributed by atoms with Crippen molar-refractivity contribution in [1.29, 1.82) is 0 Å². The van der Waals surface area contributed by atoms with Gasteiger partial charge in [-0.3, -0.25) is 19.2 Å². The first-order valence-corrected chi connectivity index (χ1v) is 13.3. The van der Waals surface area contributed by atoms with Crippen molar-refractivity contribution in [3.63, 3.8) is 0 Å². The van der Waals surface area contributed by atoms with E-state index in [4.69, 9.17) is 5.73 Å². The van der Waals surface area contributed by atoms with Gasteiger partial charge in [0.2, 0.25) is 5.91 Å². The molecule has 3 aliphatic rings. The molecule has 0 unspecified atom stereocenters. The van der Waals surface area contributed by atoms with E-state index in [0.29, 0.717) is 22.4 Å². The molecule has 3 heterocycles. The topological polar surface area (TPSA) is 110 Å². The molecule has 1 amide bonds. The van der Waals surface area contributed by atoms with E-state index in [2.05, 4.69) is 33.5 Å². The maximum atomic E-state index is 14.5. The van der Waals surface area contributed by atoms with Crippen LogP contribution in [0.4, 0.5) is 11.5 Å². The second kappa shape index (κ2) is 8.11. The summed E-state index contributed by atoms with van der Waals surface area (Å²) in [6.07, 6.45) is 9.24. The number of anilines is 2. The zero-order chi connectivity index (χ0) is 25.3. The number of H-pyrrole nitrogens is 1. The Morgan fingerprint density at radius 1 is 1.08 bits per heavy atom. The minimum atomic E-state index is -0.465. The third-order valence-corrected chi connectivity index (χ3v) is 8.63. The number of aromatic nitrogens is 4. The third-order valence-electron chi connectivity index (χ3n) is 8.63. The Morgan fingerprint density at radius 3 is 2.65 bits per heavy atom. The van der Waals surface area contributed by atoms with Gasteiger partial charge in [-0.1, -0.05) is 43.5 Å². The van der Waals surface area contributed by atoms with E-state index < -0.39 is 5.41 Å². The molecule has 0 saturated heterocycles. The van der Waals surface area contributed by atoms with Crippen LogP contribution in [0.25, 0.3) is 21.9 Å². The van der Waals surface area contributed by atoms with Crippen LogP contribution < -0.4 is 16.2 Å². The summed E-state index contributed by atoms with van der Waals surface area (Å²) in [5.41, 5.74) is 11.1. The van der Waals surface area contributed by atoms with E-state index in [0.717, 1.165) is 61.2 Å². The zero-order valence-electron chi connectivity index (χ0n) is 21.0. The van der Waals surface area contributed by atoms with Crippen LogP contribution in [-0.2, 0) is 23.8 Å². The summed E-state index contributed by atoms with van der Waals surface area (Å²) in [4.78, 5) is 28.9. The van der Waals surface area contributed by atoms with Crippen LogP contribution >= 0.6 is 0 Å². The number of rotatable bonds is 4. The van der Waals surface area contributed by atoms with Gasteiger partial charge >= 0.3 is 0 Å². The monoisotopic (exact) mass is 494 g/mol. The molecule has 8 heteroatoms. The number of aromatic amines is 1. The fourth-order valence-corrected chi connectivity index (χ4v) is 6.63. The van der Waals surface area contributed by atoms with Gasteiger partial charge in [-0.2, -0.15) is 10.2 Å². The van der Waals surface area contributed by atoms with Crippen LogP contribution in [0, 0.1) is 0 Å². The SMILES string of the molecule is Cn1ncc(-c2ccc3c(=O)[nH]nc(CN)c3c2)c1N1C(=O)C2(CCCCC2)c2cccc(C3CC3)c21. The highest BCUT2D eigenvalue weighted by Crippen LogP contribution is 2.57. The summed E-state index contributed by atoms with van der Waals surface area (Å²) in [7, 11) is 1.90. The summed E-state index contributed by atoms with van der Waals surface area (Å²) in [5, 5.41) is 12.6. The number of hydrogen-bond acceptors (Lipinski definition) is 5. The molecule has 0 radical (unpaired) electrons. The summed E-state index contributed by atoms with van der Waals surface area (Å²) in [6.45, 7) is 0.210. The second-order valence-corrected chi connectivity index (χ2v) is 10.8. The molecule has 1 aliphatic heterocycles. The Labute approximate surface area is 214 Å². The number of benzene rings is 2. The largest absolute Gasteiger partial charge is 0.325 e. The molecule has 3 N–H and O–H groups in total. The lowest BCUT2D eigenvalue weighted by Gasteiger charge is -2.32. The molecule has 2 aliphatic carbocycles. The maximum Gasteiger partial charge on any atom is 0.272 e. The number of nitrogens with two attached hydrogens (primary N) is 1. The Bertz CT molecular complexity index is 1620. The molecular formula is C29H30N6O2. The number of carbonyl (C=O) groups is 1. The van der Waals surface area contributed by atoms with Crippen LogP contribution in [0.5, 0.6) is 0 Å². The number of fused-ring (bicyclic) bond motifs is 3. The van der Waals surface area contributed by atoms with Crippen molar-refractivity contribution in [3.8, 4) is 11.1 Å². The lowest BCUT2D eigenvalue weighted by molar-refractivity contribution is -0.123. The molecule has 2 saturated carbocycles. The number of para-hydroxylation sites is 1. The fourth-order valence-electron chi connectivity index (χ4n) is 6.63. The minimum absolute atomic E-state index is 0.168. The molecule has 37 heavy (non-hydrogen) atoms. The Balaban J connectivity index is 1.45. The molecule has 0 bridgehead atoms. The van der Waals surface area contributed by atoms with Gasteiger partial charge in [-0.25, -0.2) is 5.10 Å². The zero-order valence-corrected chi connectivity index (χ0v) is 21.0. The normalized spacial score (nSPS) is 18.6. The Morgan fingerprint density at radius 2 is 1.89 bits per heavy atom. The van der Waals surface area contributed by atoms with Crippen LogP contribution in [0.15, 0.2) is 47.4 Å². The van der Waals surface area contributed by atoms with Gasteiger partial charge < -0.3 is 5.73 Å². The highest BCUT2D eigenvalue weighted by Gasteiger charge is 2.54. The van der Waals surface area contributed by atoms with Gasteiger partial charge in [0, 0.05) is 24.5 Å². The van der Waals surface area contributed by atoms with E-state index in [1.165, 1.54) is 17.5 Å². The van der Waals surface area contributed by atoms with Crippen molar-refractivity contribution in [1.82, 2.24) is 20.0 Å². The predicted octanol–water partition coefficient (Wildman–Crippen LogP) is 4.54. The molecule has 188 valence electrons. The standard InChI is InChI=1S/C29H30N6O2/c1-34-27(22(16-31-34)18-10-11-20-21(14-18)24(15-30)32-33-26(20)36)35-25-19(17-8-9-17)6-5-7-23(25)29(28(35)37)12-3-2-4-13-29/h5-7,10-11,14,16-17H,2-4,8-9,12-13,15,30H2,1H3,(H,33,36). The predicted molar refractivity (Wildman–Crippen MR) is 143 cm³/mol. The van der Waals surface area contributed by atoms with E-state index in [9.17, 15) is 9.59 Å². The molecule has 2 fully saturated rings. The van der Waals surface area contributed by atoms with Crippen molar-refractivity contribution < 1.29 is 4.79 Å². The van der Waals surface area contributed by atoms with Crippen LogP contribution in [0.2, 0.25) is 0 Å². The molecule has 8 nitrogen and oxygen atoms in total. The molecule has 0 atom stereocenters. The molecule has 4 aromatic rings. The van der Waals surface area contributed by atoms with Gasteiger partial charge in [0.05, 0.1) is 28.4 Å². The van der Waals surface area contributed by atoms with Crippen molar-refractivity contribution in [2.24, 2.45) is 12.8 Å². The highest BCUT2D eigenvalue weighted by molar-refractivity contribution is 6.15. The van der Waals surface area contributed by atoms with Gasteiger partial charge in [0.1, 0.15) is 5.82 Å². The minimum Gasteiger partial charge on any atom is -0.325 e. The first kappa shape index (κ1) is 22.4. The number of nitrogens with zero attached hydrogens (tertiary/aromatic N) is 4. The Kier molecular flexibility index (Phi) is 4.92. The Hall–Kier alpha value is -3.78. The van der Waals surface area contributed by atoms with Crippen molar-refractivity contribution >= 4 is 28.2 Å². The smallest absolute Gasteiger partial charge is 0.272 e. The first-order chi connectivity index (χ1) is 18.0. The average molecular weight is 495 g/mol. The molecular weight excluding hydrogens is 464 g/mol. The van der Waals surface area contributed by atoms with Crippen molar-refractivity contribution in [2.45, 2.75) is 62.8 Å². The number of nitrogens with one attached hydrogen (secondary N) is 1. The van der Waals surface area contributed by atoms with Crippen LogP contribution in [-0.4, -0.2) is 25.9 Å². The van der Waals surface area contributed by atoms with E-state index in [1.54, 1.807) is 6.07 Å². The summed E-state index contributed by atoms with van der Waals surface area (Å²) in [6, 6.07) is 12.2. The van der Waals surface area contributed by atoms with Crippen molar-refractivity contribution in [2.75, 3.05) is 4.90 Å². The van der Waals surface area contributed by atoms with E-state index in [1.807, 2.05) is 35.0 Å². The lowest BCUT2D eigenvalue weighted by atomic mass is 9.70. The molecule has 7 rings (SSSR count). The number of amides is 1.